The average Bonchev–Trinajstić information content (AvgIpc) is 2.97. The Balaban J connectivity index is 1.65. The van der Waals surface area contributed by atoms with Gasteiger partial charge in [-0.1, -0.05) is 18.2 Å². The van der Waals surface area contributed by atoms with Gasteiger partial charge in [0.2, 0.25) is 6.79 Å². The van der Waals surface area contributed by atoms with Crippen LogP contribution < -0.4 is 20.1 Å². The summed E-state index contributed by atoms with van der Waals surface area (Å²) in [4.78, 5) is 0. The van der Waals surface area contributed by atoms with Crippen LogP contribution in [0.3, 0.4) is 0 Å². The molecule has 0 saturated carbocycles. The van der Waals surface area contributed by atoms with Crippen LogP contribution >= 0.6 is 12.2 Å². The molecule has 0 bridgehead atoms. The normalized spacial score (nSPS) is 13.5. The molecular formula is C16H15FN2O2S. The first-order valence-electron chi connectivity index (χ1n) is 6.85. The highest BCUT2D eigenvalue weighted by atomic mass is 32.1. The van der Waals surface area contributed by atoms with Crippen molar-refractivity contribution in [3.63, 3.8) is 0 Å². The van der Waals surface area contributed by atoms with Crippen molar-refractivity contribution in [2.24, 2.45) is 0 Å². The minimum absolute atomic E-state index is 0.0544. The Hall–Kier alpha value is -2.34. The Bertz CT molecular complexity index is 708. The van der Waals surface area contributed by atoms with Crippen molar-refractivity contribution in [3.8, 4) is 11.5 Å². The fourth-order valence-corrected chi connectivity index (χ4v) is 2.47. The summed E-state index contributed by atoms with van der Waals surface area (Å²) in [5.74, 6) is 1.12. The fourth-order valence-electron chi connectivity index (χ4n) is 2.18. The van der Waals surface area contributed by atoms with E-state index in [0.717, 1.165) is 17.1 Å². The van der Waals surface area contributed by atoms with Crippen LogP contribution in [0.15, 0.2) is 42.5 Å². The molecule has 2 N–H and O–H groups in total. The summed E-state index contributed by atoms with van der Waals surface area (Å²) < 4.78 is 24.2. The molecule has 4 nitrogen and oxygen atoms in total. The van der Waals surface area contributed by atoms with Gasteiger partial charge < -0.3 is 20.1 Å². The standard InChI is InChI=1S/C16H15FN2O2S/c1-10(11-6-7-14-15(8-11)21-9-20-14)18-16(22)19-13-5-3-2-4-12(13)17/h2-8,10H,9H2,1H3,(H2,18,19,22). The lowest BCUT2D eigenvalue weighted by Gasteiger charge is -2.18. The number of thiocarbonyl (C=S) groups is 1. The molecule has 22 heavy (non-hydrogen) atoms. The van der Waals surface area contributed by atoms with Crippen LogP contribution in [0.25, 0.3) is 0 Å². The molecule has 1 atom stereocenters. The largest absolute Gasteiger partial charge is 0.454 e. The monoisotopic (exact) mass is 318 g/mol. The minimum atomic E-state index is -0.345. The van der Waals surface area contributed by atoms with E-state index in [1.54, 1.807) is 18.2 Å². The maximum Gasteiger partial charge on any atom is 0.231 e. The van der Waals surface area contributed by atoms with Crippen LogP contribution in [0.2, 0.25) is 0 Å². The van der Waals surface area contributed by atoms with Gasteiger partial charge in [0.05, 0.1) is 11.7 Å². The fraction of sp³-hybridized carbons (Fsp3) is 0.188. The number of benzene rings is 2. The number of rotatable bonds is 3. The predicted molar refractivity (Wildman–Crippen MR) is 86.7 cm³/mol. The third-order valence-corrected chi connectivity index (χ3v) is 3.59. The van der Waals surface area contributed by atoms with Crippen LogP contribution in [-0.4, -0.2) is 11.9 Å². The first-order valence-corrected chi connectivity index (χ1v) is 7.26. The van der Waals surface area contributed by atoms with E-state index in [-0.39, 0.29) is 18.7 Å². The summed E-state index contributed by atoms with van der Waals surface area (Å²) in [5.41, 5.74) is 1.35. The topological polar surface area (TPSA) is 42.5 Å². The van der Waals surface area contributed by atoms with E-state index in [2.05, 4.69) is 10.6 Å². The van der Waals surface area contributed by atoms with E-state index in [1.165, 1.54) is 6.07 Å². The van der Waals surface area contributed by atoms with E-state index < -0.39 is 0 Å². The Morgan fingerprint density at radius 3 is 2.77 bits per heavy atom. The van der Waals surface area contributed by atoms with Crippen LogP contribution in [0, 0.1) is 5.82 Å². The highest BCUT2D eigenvalue weighted by Gasteiger charge is 2.16. The van der Waals surface area contributed by atoms with Gasteiger partial charge in [-0.05, 0) is 49.0 Å². The molecule has 1 heterocycles. The Morgan fingerprint density at radius 1 is 1.18 bits per heavy atom. The molecule has 2 aromatic rings. The average molecular weight is 318 g/mol. The van der Waals surface area contributed by atoms with Gasteiger partial charge in [-0.25, -0.2) is 4.39 Å². The van der Waals surface area contributed by atoms with Crippen molar-refractivity contribution in [2.75, 3.05) is 12.1 Å². The number of ether oxygens (including phenoxy) is 2. The van der Waals surface area contributed by atoms with Gasteiger partial charge in [0.25, 0.3) is 0 Å². The molecule has 1 aliphatic heterocycles. The van der Waals surface area contributed by atoms with Crippen molar-refractivity contribution in [3.05, 3.63) is 53.8 Å². The molecule has 0 aromatic heterocycles. The van der Waals surface area contributed by atoms with E-state index in [0.29, 0.717) is 10.8 Å². The van der Waals surface area contributed by atoms with E-state index in [1.807, 2.05) is 25.1 Å². The summed E-state index contributed by atoms with van der Waals surface area (Å²) >= 11 is 5.23. The molecule has 1 unspecified atom stereocenters. The van der Waals surface area contributed by atoms with E-state index in [9.17, 15) is 4.39 Å². The summed E-state index contributed by atoms with van der Waals surface area (Å²) in [6, 6.07) is 12.1. The van der Waals surface area contributed by atoms with Crippen LogP contribution in [0.4, 0.5) is 10.1 Å². The molecule has 0 spiro atoms. The number of halogens is 1. The van der Waals surface area contributed by atoms with Crippen LogP contribution in [0.1, 0.15) is 18.5 Å². The molecule has 0 saturated heterocycles. The van der Waals surface area contributed by atoms with Gasteiger partial charge >= 0.3 is 0 Å². The molecule has 0 radical (unpaired) electrons. The van der Waals surface area contributed by atoms with Crippen molar-refractivity contribution < 1.29 is 13.9 Å². The molecule has 0 fully saturated rings. The van der Waals surface area contributed by atoms with Gasteiger partial charge in [-0.3, -0.25) is 0 Å². The lowest BCUT2D eigenvalue weighted by Crippen LogP contribution is -2.31. The Labute approximate surface area is 133 Å². The maximum absolute atomic E-state index is 13.6. The number of para-hydroxylation sites is 1. The summed E-state index contributed by atoms with van der Waals surface area (Å²) in [6.45, 7) is 2.21. The minimum Gasteiger partial charge on any atom is -0.454 e. The van der Waals surface area contributed by atoms with Gasteiger partial charge in [-0.15, -0.1) is 0 Å². The molecular weight excluding hydrogens is 303 g/mol. The number of fused-ring (bicyclic) bond motifs is 1. The molecule has 6 heteroatoms. The zero-order chi connectivity index (χ0) is 15.5. The summed E-state index contributed by atoms with van der Waals surface area (Å²) in [6.07, 6.45) is 0. The molecule has 0 aliphatic carbocycles. The first kappa shape index (κ1) is 14.6. The molecule has 3 rings (SSSR count). The predicted octanol–water partition coefficient (Wildman–Crippen LogP) is 3.60. The van der Waals surface area contributed by atoms with Gasteiger partial charge in [-0.2, -0.15) is 0 Å². The SMILES string of the molecule is CC(NC(=S)Nc1ccccc1F)c1ccc2c(c1)OCO2. The van der Waals surface area contributed by atoms with E-state index >= 15 is 0 Å². The second-order valence-corrected chi connectivity index (χ2v) is 5.32. The van der Waals surface area contributed by atoms with Crippen molar-refractivity contribution in [1.29, 1.82) is 0 Å². The first-order chi connectivity index (χ1) is 10.6. The number of nitrogens with one attached hydrogen (secondary N) is 2. The maximum atomic E-state index is 13.6. The Morgan fingerprint density at radius 2 is 1.95 bits per heavy atom. The smallest absolute Gasteiger partial charge is 0.231 e. The van der Waals surface area contributed by atoms with Crippen molar-refractivity contribution >= 4 is 23.0 Å². The van der Waals surface area contributed by atoms with Gasteiger partial charge in [0.1, 0.15) is 5.82 Å². The van der Waals surface area contributed by atoms with Crippen LogP contribution in [-0.2, 0) is 0 Å². The van der Waals surface area contributed by atoms with Crippen molar-refractivity contribution in [1.82, 2.24) is 5.32 Å². The molecule has 114 valence electrons. The zero-order valence-electron chi connectivity index (χ0n) is 11.9. The van der Waals surface area contributed by atoms with Gasteiger partial charge in [0, 0.05) is 0 Å². The second kappa shape index (κ2) is 6.19. The molecule has 1 aliphatic rings. The number of anilines is 1. The third kappa shape index (κ3) is 3.12. The lowest BCUT2D eigenvalue weighted by molar-refractivity contribution is 0.174. The summed E-state index contributed by atoms with van der Waals surface area (Å²) in [5, 5.41) is 6.33. The molecule has 0 amide bonds. The number of hydrogen-bond acceptors (Lipinski definition) is 3. The highest BCUT2D eigenvalue weighted by molar-refractivity contribution is 7.80. The lowest BCUT2D eigenvalue weighted by atomic mass is 10.1. The highest BCUT2D eigenvalue weighted by Crippen LogP contribution is 2.34. The van der Waals surface area contributed by atoms with Crippen LogP contribution in [0.5, 0.6) is 11.5 Å². The zero-order valence-corrected chi connectivity index (χ0v) is 12.7. The second-order valence-electron chi connectivity index (χ2n) is 4.91. The Kier molecular flexibility index (Phi) is 4.11. The quantitative estimate of drug-likeness (QED) is 0.847. The van der Waals surface area contributed by atoms with E-state index in [4.69, 9.17) is 21.7 Å². The van der Waals surface area contributed by atoms with Gasteiger partial charge in [0.15, 0.2) is 16.6 Å². The summed E-state index contributed by atoms with van der Waals surface area (Å²) in [7, 11) is 0. The third-order valence-electron chi connectivity index (χ3n) is 3.37. The number of hydrogen-bond donors (Lipinski definition) is 2. The molecule has 2 aromatic carbocycles. The van der Waals surface area contributed by atoms with Crippen molar-refractivity contribution in [2.45, 2.75) is 13.0 Å².